The number of halogens is 1. The van der Waals surface area contributed by atoms with Gasteiger partial charge in [0.1, 0.15) is 0 Å². The van der Waals surface area contributed by atoms with Crippen LogP contribution in [-0.2, 0) is 6.42 Å². The average molecular weight is 381 g/mol. The first-order valence-corrected chi connectivity index (χ1v) is 8.86. The summed E-state index contributed by atoms with van der Waals surface area (Å²) in [5, 5.41) is 13.7. The molecule has 7 heteroatoms. The van der Waals surface area contributed by atoms with Gasteiger partial charge in [0.15, 0.2) is 11.5 Å². The molecule has 0 saturated heterocycles. The van der Waals surface area contributed by atoms with E-state index in [1.165, 1.54) is 6.20 Å². The summed E-state index contributed by atoms with van der Waals surface area (Å²) in [6, 6.07) is 14.2. The molecular weight excluding hydrogens is 364 g/mol. The lowest BCUT2D eigenvalue weighted by Crippen LogP contribution is -2.35. The molecule has 1 aliphatic rings. The molecule has 4 rings (SSSR count). The zero-order valence-corrected chi connectivity index (χ0v) is 15.0. The molecule has 1 amide bonds. The molecule has 0 saturated carbocycles. The van der Waals surface area contributed by atoms with Crippen molar-refractivity contribution >= 4 is 23.3 Å². The maximum absolute atomic E-state index is 12.8. The number of rotatable bonds is 3. The van der Waals surface area contributed by atoms with Gasteiger partial charge in [-0.2, -0.15) is 0 Å². The van der Waals surface area contributed by atoms with Crippen LogP contribution >= 0.6 is 11.6 Å². The van der Waals surface area contributed by atoms with Gasteiger partial charge in [-0.15, -0.1) is 0 Å². The highest BCUT2D eigenvalue weighted by Gasteiger charge is 2.32. The standard InChI is InChI=1S/C20H17ClN4O2/c21-13-6-3-5-12(8-13)15-10-23-19(22)18(24-15)20(27)25-17-14-7-2-1-4-11(14)9-16(17)26/h1-8,10,16-17,26H,9H2,(H2,22,23)(H,25,27)/t16-,17+/m0/s1. The maximum Gasteiger partial charge on any atom is 0.274 e. The van der Waals surface area contributed by atoms with E-state index >= 15 is 0 Å². The number of carbonyl (C=O) groups excluding carboxylic acids is 1. The van der Waals surface area contributed by atoms with Crippen molar-refractivity contribution in [3.63, 3.8) is 0 Å². The van der Waals surface area contributed by atoms with Crippen molar-refractivity contribution in [1.82, 2.24) is 15.3 Å². The van der Waals surface area contributed by atoms with Crippen molar-refractivity contribution in [3.05, 3.63) is 76.6 Å². The van der Waals surface area contributed by atoms with Crippen LogP contribution in [0.4, 0.5) is 5.82 Å². The van der Waals surface area contributed by atoms with Gasteiger partial charge in [-0.3, -0.25) is 4.79 Å². The summed E-state index contributed by atoms with van der Waals surface area (Å²) >= 11 is 6.03. The summed E-state index contributed by atoms with van der Waals surface area (Å²) in [6.07, 6.45) is 1.29. The van der Waals surface area contributed by atoms with Crippen molar-refractivity contribution in [3.8, 4) is 11.3 Å². The summed E-state index contributed by atoms with van der Waals surface area (Å²) in [5.41, 5.74) is 9.03. The number of fused-ring (bicyclic) bond motifs is 1. The summed E-state index contributed by atoms with van der Waals surface area (Å²) in [4.78, 5) is 21.3. The van der Waals surface area contributed by atoms with E-state index < -0.39 is 18.1 Å². The molecule has 1 aromatic heterocycles. The van der Waals surface area contributed by atoms with Crippen LogP contribution in [0.25, 0.3) is 11.3 Å². The monoisotopic (exact) mass is 380 g/mol. The third-order valence-corrected chi connectivity index (χ3v) is 4.86. The highest BCUT2D eigenvalue weighted by atomic mass is 35.5. The first-order chi connectivity index (χ1) is 13.0. The van der Waals surface area contributed by atoms with Crippen molar-refractivity contribution in [2.75, 3.05) is 5.73 Å². The van der Waals surface area contributed by atoms with E-state index in [1.54, 1.807) is 18.2 Å². The van der Waals surface area contributed by atoms with E-state index in [1.807, 2.05) is 30.3 Å². The molecule has 2 aromatic carbocycles. The summed E-state index contributed by atoms with van der Waals surface area (Å²) in [6.45, 7) is 0. The number of benzene rings is 2. The molecule has 2 atom stereocenters. The van der Waals surface area contributed by atoms with Crippen molar-refractivity contribution in [1.29, 1.82) is 0 Å². The van der Waals surface area contributed by atoms with Gasteiger partial charge in [-0.1, -0.05) is 48.0 Å². The number of aliphatic hydroxyl groups is 1. The number of aromatic nitrogens is 2. The highest BCUT2D eigenvalue weighted by Crippen LogP contribution is 2.31. The Bertz CT molecular complexity index is 1020. The number of anilines is 1. The Hall–Kier alpha value is -2.96. The van der Waals surface area contributed by atoms with Gasteiger partial charge in [-0.25, -0.2) is 9.97 Å². The molecule has 4 N–H and O–H groups in total. The number of nitrogens with one attached hydrogen (secondary N) is 1. The van der Waals surface area contributed by atoms with E-state index in [4.69, 9.17) is 17.3 Å². The minimum absolute atomic E-state index is 0.0176. The van der Waals surface area contributed by atoms with Gasteiger partial charge in [0.25, 0.3) is 5.91 Å². The summed E-state index contributed by atoms with van der Waals surface area (Å²) < 4.78 is 0. The Balaban J connectivity index is 1.63. The third-order valence-electron chi connectivity index (χ3n) is 4.63. The summed E-state index contributed by atoms with van der Waals surface area (Å²) in [7, 11) is 0. The number of nitrogen functional groups attached to an aromatic ring is 1. The normalized spacial score (nSPS) is 18.1. The number of nitrogens with two attached hydrogens (primary N) is 1. The Morgan fingerprint density at radius 1 is 1.22 bits per heavy atom. The number of nitrogens with zero attached hydrogens (tertiary/aromatic N) is 2. The molecule has 3 aromatic rings. The molecule has 1 heterocycles. The van der Waals surface area contributed by atoms with Crippen LogP contribution < -0.4 is 11.1 Å². The number of aliphatic hydroxyl groups excluding tert-OH is 1. The van der Waals surface area contributed by atoms with Crippen molar-refractivity contribution in [2.24, 2.45) is 0 Å². The lowest BCUT2D eigenvalue weighted by atomic mass is 10.1. The number of hydrogen-bond acceptors (Lipinski definition) is 5. The van der Waals surface area contributed by atoms with Crippen LogP contribution in [0.3, 0.4) is 0 Å². The maximum atomic E-state index is 12.8. The quantitative estimate of drug-likeness (QED) is 0.648. The van der Waals surface area contributed by atoms with Crippen molar-refractivity contribution < 1.29 is 9.90 Å². The minimum atomic E-state index is -0.698. The van der Waals surface area contributed by atoms with E-state index in [0.717, 1.165) is 16.7 Å². The predicted octanol–water partition coefficient (Wildman–Crippen LogP) is 2.77. The fraction of sp³-hybridized carbons (Fsp3) is 0.150. The van der Waals surface area contributed by atoms with E-state index in [2.05, 4.69) is 15.3 Å². The van der Waals surface area contributed by atoms with Gasteiger partial charge >= 0.3 is 0 Å². The smallest absolute Gasteiger partial charge is 0.274 e. The second-order valence-corrected chi connectivity index (χ2v) is 6.86. The fourth-order valence-corrected chi connectivity index (χ4v) is 3.50. The molecule has 0 unspecified atom stereocenters. The molecule has 0 radical (unpaired) electrons. The number of carbonyl (C=O) groups is 1. The van der Waals surface area contributed by atoms with Crippen LogP contribution in [0.5, 0.6) is 0 Å². The second kappa shape index (κ2) is 6.98. The Kier molecular flexibility index (Phi) is 4.51. The number of amides is 1. The molecule has 0 spiro atoms. The van der Waals surface area contributed by atoms with Gasteiger partial charge in [0.05, 0.1) is 24.0 Å². The molecule has 6 nitrogen and oxygen atoms in total. The average Bonchev–Trinajstić information content (AvgIpc) is 2.97. The molecule has 0 fully saturated rings. The van der Waals surface area contributed by atoms with Crippen molar-refractivity contribution in [2.45, 2.75) is 18.6 Å². The summed E-state index contributed by atoms with van der Waals surface area (Å²) in [5.74, 6) is -0.455. The van der Waals surface area contributed by atoms with Crippen LogP contribution in [0, 0.1) is 0 Å². The van der Waals surface area contributed by atoms with Gasteiger partial charge in [-0.05, 0) is 23.3 Å². The molecule has 0 bridgehead atoms. The first kappa shape index (κ1) is 17.5. The Labute approximate surface area is 161 Å². The van der Waals surface area contributed by atoms with E-state index in [0.29, 0.717) is 17.1 Å². The molecule has 27 heavy (non-hydrogen) atoms. The molecule has 0 aliphatic heterocycles. The molecular formula is C20H17ClN4O2. The predicted molar refractivity (Wildman–Crippen MR) is 103 cm³/mol. The van der Waals surface area contributed by atoms with Gasteiger partial charge in [0.2, 0.25) is 0 Å². The van der Waals surface area contributed by atoms with Crippen LogP contribution in [0.2, 0.25) is 5.02 Å². The largest absolute Gasteiger partial charge is 0.390 e. The van der Waals surface area contributed by atoms with Crippen LogP contribution in [0.15, 0.2) is 54.7 Å². The molecule has 136 valence electrons. The second-order valence-electron chi connectivity index (χ2n) is 6.42. The van der Waals surface area contributed by atoms with E-state index in [-0.39, 0.29) is 11.5 Å². The first-order valence-electron chi connectivity index (χ1n) is 8.48. The Morgan fingerprint density at radius 2 is 2.04 bits per heavy atom. The van der Waals surface area contributed by atoms with Crippen LogP contribution in [-0.4, -0.2) is 27.1 Å². The van der Waals surface area contributed by atoms with Crippen LogP contribution in [0.1, 0.15) is 27.7 Å². The zero-order chi connectivity index (χ0) is 19.0. The highest BCUT2D eigenvalue weighted by molar-refractivity contribution is 6.30. The zero-order valence-electron chi connectivity index (χ0n) is 14.3. The fourth-order valence-electron chi connectivity index (χ4n) is 3.31. The lowest BCUT2D eigenvalue weighted by molar-refractivity contribution is 0.0854. The van der Waals surface area contributed by atoms with Gasteiger partial charge in [0, 0.05) is 17.0 Å². The van der Waals surface area contributed by atoms with Gasteiger partial charge < -0.3 is 16.2 Å². The SMILES string of the molecule is Nc1ncc(-c2cccc(Cl)c2)nc1C(=O)N[C@@H]1c2ccccc2C[C@@H]1O. The number of hydrogen-bond donors (Lipinski definition) is 3. The minimum Gasteiger partial charge on any atom is -0.390 e. The lowest BCUT2D eigenvalue weighted by Gasteiger charge is -2.18. The van der Waals surface area contributed by atoms with E-state index in [9.17, 15) is 9.90 Å². The third kappa shape index (κ3) is 3.37. The topological polar surface area (TPSA) is 101 Å². The Morgan fingerprint density at radius 3 is 2.85 bits per heavy atom. The molecule has 1 aliphatic carbocycles.